The Kier molecular flexibility index (Phi) is 9.33. The molecule has 0 aliphatic rings. The summed E-state index contributed by atoms with van der Waals surface area (Å²) in [5.41, 5.74) is 13.5. The van der Waals surface area contributed by atoms with Crippen LogP contribution in [0.1, 0.15) is 20.9 Å². The van der Waals surface area contributed by atoms with Gasteiger partial charge in [-0.25, -0.2) is 0 Å². The Morgan fingerprint density at radius 3 is 1.55 bits per heavy atom. The van der Waals surface area contributed by atoms with Gasteiger partial charge in [-0.2, -0.15) is 0 Å². The van der Waals surface area contributed by atoms with Crippen LogP contribution in [0.2, 0.25) is 0 Å². The van der Waals surface area contributed by atoms with Gasteiger partial charge in [-0.1, -0.05) is 0 Å². The number of hydrogen-bond acceptors (Lipinski definition) is 4. The van der Waals surface area contributed by atoms with Crippen LogP contribution in [0.5, 0.6) is 0 Å². The first kappa shape index (κ1) is 22.0. The van der Waals surface area contributed by atoms with Gasteiger partial charge in [-0.3, -0.25) is 0 Å². The molecule has 10 heteroatoms. The Morgan fingerprint density at radius 1 is 0.909 bits per heavy atom. The lowest BCUT2D eigenvalue weighted by atomic mass is 10.1. The molecule has 0 atom stereocenters. The lowest BCUT2D eigenvalue weighted by Crippen LogP contribution is -2.28. The van der Waals surface area contributed by atoms with Gasteiger partial charge in [0.1, 0.15) is 0 Å². The highest BCUT2D eigenvalue weighted by atomic mass is 79.9. The molecule has 0 aliphatic heterocycles. The summed E-state index contributed by atoms with van der Waals surface area (Å²) >= 11 is 13.3. The Hall–Kier alpha value is -0.000000000000000222. The molecule has 0 spiro atoms. The summed E-state index contributed by atoms with van der Waals surface area (Å²) in [6.07, 6.45) is 0. The highest BCUT2D eigenvalue weighted by Crippen LogP contribution is 2.40. The third-order valence-electron chi connectivity index (χ3n) is 3.07. The molecular weight excluding hydrogens is 488 g/mol. The molecule has 6 N–H and O–H groups in total. The molecule has 124 valence electrons. The van der Waals surface area contributed by atoms with Crippen molar-refractivity contribution >= 4 is 101 Å². The van der Waals surface area contributed by atoms with Crippen LogP contribution in [0.4, 0.5) is 0 Å². The second kappa shape index (κ2) is 9.33. The fourth-order valence-electron chi connectivity index (χ4n) is 2.04. The van der Waals surface area contributed by atoms with Crippen molar-refractivity contribution in [2.75, 3.05) is 0 Å². The van der Waals surface area contributed by atoms with E-state index in [-0.39, 0.29) is 34.0 Å². The average Bonchev–Trinajstić information content (AvgIpc) is 2.83. The van der Waals surface area contributed by atoms with E-state index in [1.165, 1.54) is 30.3 Å². The summed E-state index contributed by atoms with van der Waals surface area (Å²) in [6, 6.07) is 0. The van der Waals surface area contributed by atoms with Crippen LogP contribution in [0.3, 0.4) is 0 Å². The number of fused-ring (bicyclic) bond motifs is 1. The second-order valence-corrected chi connectivity index (χ2v) is 7.75. The van der Waals surface area contributed by atoms with Gasteiger partial charge < -0.3 is 22.1 Å². The summed E-state index contributed by atoms with van der Waals surface area (Å²) in [7, 11) is 0. The lowest BCUT2D eigenvalue weighted by Gasteiger charge is -2.04. The van der Waals surface area contributed by atoms with Crippen molar-refractivity contribution in [3.63, 3.8) is 0 Å². The van der Waals surface area contributed by atoms with Gasteiger partial charge in [-0.05, 0) is 49.4 Å². The zero-order valence-corrected chi connectivity index (χ0v) is 18.7. The molecule has 4 nitrogen and oxygen atoms in total. The molecule has 0 aromatic carbocycles. The van der Waals surface area contributed by atoms with Crippen LogP contribution in [0, 0.1) is 13.8 Å². The summed E-state index contributed by atoms with van der Waals surface area (Å²) in [6.45, 7) is 5.65. The predicted molar refractivity (Wildman–Crippen MR) is 117 cm³/mol. The smallest absolute Gasteiger partial charge is 0.163 e. The van der Waals surface area contributed by atoms with E-state index < -0.39 is 0 Å². The monoisotopic (exact) mass is 504 g/mol. The Labute approximate surface area is 169 Å². The van der Waals surface area contributed by atoms with E-state index in [4.69, 9.17) is 35.9 Å². The van der Waals surface area contributed by atoms with Crippen molar-refractivity contribution in [3.05, 3.63) is 20.9 Å². The van der Waals surface area contributed by atoms with Crippen molar-refractivity contribution in [1.29, 1.82) is 0 Å². The SMILES string of the molecule is Br.Br.Cc1c(CNC(N)=S)sc2sc(CNC(N)=S)c(C)c12. The Balaban J connectivity index is 0.00000220. The Bertz CT molecular complexity index is 627. The van der Waals surface area contributed by atoms with E-state index in [0.717, 1.165) is 0 Å². The summed E-state index contributed by atoms with van der Waals surface area (Å²) in [5.74, 6) is 0. The van der Waals surface area contributed by atoms with E-state index in [9.17, 15) is 0 Å². The average molecular weight is 506 g/mol. The first-order valence-electron chi connectivity index (χ1n) is 5.97. The molecule has 2 heterocycles. The van der Waals surface area contributed by atoms with Crippen LogP contribution >= 0.6 is 81.1 Å². The largest absolute Gasteiger partial charge is 0.376 e. The second-order valence-electron chi connectivity index (χ2n) is 4.40. The molecule has 0 saturated carbocycles. The van der Waals surface area contributed by atoms with Crippen molar-refractivity contribution in [2.45, 2.75) is 26.9 Å². The van der Waals surface area contributed by atoms with Gasteiger partial charge in [0.15, 0.2) is 10.2 Å². The summed E-state index contributed by atoms with van der Waals surface area (Å²) < 4.78 is 1.32. The molecule has 0 saturated heterocycles. The standard InChI is InChI=1S/C12H16N4S4.2BrH/c1-5-7(3-15-11(13)17)19-10-9(5)6(2)8(20-10)4-16-12(14)18;;/h3-4H2,1-2H3,(H3,13,15,17)(H3,14,16,18);2*1H. The zero-order chi connectivity index (χ0) is 14.9. The molecule has 22 heavy (non-hydrogen) atoms. The van der Waals surface area contributed by atoms with Gasteiger partial charge in [0.2, 0.25) is 0 Å². The van der Waals surface area contributed by atoms with Crippen LogP contribution in [-0.2, 0) is 13.1 Å². The van der Waals surface area contributed by atoms with Crippen LogP contribution in [-0.4, -0.2) is 10.2 Å². The van der Waals surface area contributed by atoms with Crippen LogP contribution < -0.4 is 22.1 Å². The minimum atomic E-state index is 0. The van der Waals surface area contributed by atoms with Gasteiger partial charge in [0.05, 0.1) is 17.1 Å². The molecule has 0 bridgehead atoms. The molecule has 2 rings (SSSR count). The van der Waals surface area contributed by atoms with Gasteiger partial charge in [0, 0.05) is 15.1 Å². The third-order valence-corrected chi connectivity index (χ3v) is 6.03. The minimum absolute atomic E-state index is 0. The maximum absolute atomic E-state index is 5.48. The highest BCUT2D eigenvalue weighted by molar-refractivity contribution is 8.93. The number of hydrogen-bond donors (Lipinski definition) is 4. The number of halogens is 2. The number of thiocarbonyl (C=S) groups is 2. The normalized spacial score (nSPS) is 9.73. The number of thiophene rings is 2. The summed E-state index contributed by atoms with van der Waals surface area (Å²) in [4.78, 5) is 2.55. The molecule has 0 aliphatic carbocycles. The number of nitrogens with two attached hydrogens (primary N) is 2. The van der Waals surface area contributed by atoms with E-state index in [1.54, 1.807) is 22.7 Å². The fourth-order valence-corrected chi connectivity index (χ4v) is 5.02. The van der Waals surface area contributed by atoms with Crippen molar-refractivity contribution in [1.82, 2.24) is 10.6 Å². The van der Waals surface area contributed by atoms with E-state index in [2.05, 4.69) is 24.5 Å². The van der Waals surface area contributed by atoms with Gasteiger partial charge in [-0.15, -0.1) is 56.6 Å². The highest BCUT2D eigenvalue weighted by Gasteiger charge is 2.16. The quantitative estimate of drug-likeness (QED) is 0.477. The number of aryl methyl sites for hydroxylation is 2. The zero-order valence-electron chi connectivity index (χ0n) is 12.0. The Morgan fingerprint density at radius 2 is 1.27 bits per heavy atom. The molecule has 0 amide bonds. The number of rotatable bonds is 4. The molecule has 0 fully saturated rings. The van der Waals surface area contributed by atoms with Crippen molar-refractivity contribution < 1.29 is 0 Å². The molecule has 2 aromatic rings. The van der Waals surface area contributed by atoms with Crippen LogP contribution in [0.25, 0.3) is 9.40 Å². The van der Waals surface area contributed by atoms with E-state index >= 15 is 0 Å². The maximum atomic E-state index is 5.48. The predicted octanol–water partition coefficient (Wildman–Crippen LogP) is 3.40. The fraction of sp³-hybridized carbons (Fsp3) is 0.333. The molecule has 2 aromatic heterocycles. The van der Waals surface area contributed by atoms with Crippen molar-refractivity contribution in [2.24, 2.45) is 11.5 Å². The summed E-state index contributed by atoms with van der Waals surface area (Å²) in [5, 5.41) is 8.01. The van der Waals surface area contributed by atoms with E-state index in [1.807, 2.05) is 0 Å². The van der Waals surface area contributed by atoms with Gasteiger partial charge >= 0.3 is 0 Å². The first-order valence-corrected chi connectivity index (χ1v) is 8.42. The maximum Gasteiger partial charge on any atom is 0.163 e. The van der Waals surface area contributed by atoms with Crippen molar-refractivity contribution in [3.8, 4) is 0 Å². The topological polar surface area (TPSA) is 76.1 Å². The van der Waals surface area contributed by atoms with Gasteiger partial charge in [0.25, 0.3) is 0 Å². The minimum Gasteiger partial charge on any atom is -0.376 e. The molecular formula is C12H18Br2N4S4. The number of nitrogens with one attached hydrogen (secondary N) is 2. The van der Waals surface area contributed by atoms with E-state index in [0.29, 0.717) is 23.3 Å². The molecule has 0 radical (unpaired) electrons. The third kappa shape index (κ3) is 5.00. The molecule has 0 unspecified atom stereocenters. The first-order chi connectivity index (χ1) is 9.40. The van der Waals surface area contributed by atoms with Crippen LogP contribution in [0.15, 0.2) is 0 Å². The lowest BCUT2D eigenvalue weighted by molar-refractivity contribution is 0.929.